The van der Waals surface area contributed by atoms with Crippen LogP contribution in [0.25, 0.3) is 126 Å². The summed E-state index contributed by atoms with van der Waals surface area (Å²) in [4.78, 5) is 10.8. The third-order valence-electron chi connectivity index (χ3n) is 12.5. The molecular formula is C56H33N3. The molecule has 0 atom stereocenters. The topological polar surface area (TPSA) is 30.7 Å². The molecule has 0 fully saturated rings. The lowest BCUT2D eigenvalue weighted by atomic mass is 9.87. The Bertz CT molecular complexity index is 3820. The van der Waals surface area contributed by atoms with Crippen LogP contribution in [-0.4, -0.2) is 14.5 Å². The molecule has 0 N–H and O–H groups in total. The van der Waals surface area contributed by atoms with Crippen LogP contribution in [0.5, 0.6) is 0 Å². The summed E-state index contributed by atoms with van der Waals surface area (Å²) >= 11 is 0. The number of aromatic nitrogens is 3. The molecule has 2 heterocycles. The van der Waals surface area contributed by atoms with Gasteiger partial charge in [-0.1, -0.05) is 158 Å². The minimum absolute atomic E-state index is 0.700. The van der Waals surface area contributed by atoms with E-state index in [-0.39, 0.29) is 0 Å². The van der Waals surface area contributed by atoms with E-state index in [1.807, 2.05) is 6.07 Å². The van der Waals surface area contributed by atoms with Gasteiger partial charge in [0.15, 0.2) is 5.82 Å². The van der Waals surface area contributed by atoms with Crippen LogP contribution in [0.3, 0.4) is 0 Å². The summed E-state index contributed by atoms with van der Waals surface area (Å²) in [6.45, 7) is 0. The van der Waals surface area contributed by atoms with Crippen molar-refractivity contribution in [1.82, 2.24) is 14.5 Å². The van der Waals surface area contributed by atoms with E-state index in [1.165, 1.54) is 75.4 Å². The monoisotopic (exact) mass is 747 g/mol. The number of hydrogen-bond acceptors (Lipinski definition) is 2. The molecule has 0 saturated carbocycles. The Morgan fingerprint density at radius 3 is 1.53 bits per heavy atom. The van der Waals surface area contributed by atoms with E-state index in [0.717, 1.165) is 44.8 Å². The van der Waals surface area contributed by atoms with Crippen LogP contribution in [0.1, 0.15) is 0 Å². The van der Waals surface area contributed by atoms with Crippen molar-refractivity contribution in [3.63, 3.8) is 0 Å². The molecule has 11 aromatic carbocycles. The molecule has 13 rings (SSSR count). The number of fused-ring (bicyclic) bond motifs is 5. The Labute approximate surface area is 339 Å². The van der Waals surface area contributed by atoms with Gasteiger partial charge in [0.1, 0.15) is 0 Å². The molecule has 0 bridgehead atoms. The van der Waals surface area contributed by atoms with E-state index in [1.54, 1.807) is 0 Å². The average molecular weight is 748 g/mol. The first-order chi connectivity index (χ1) is 29.3. The maximum atomic E-state index is 5.40. The van der Waals surface area contributed by atoms with Gasteiger partial charge in [-0.3, -0.25) is 0 Å². The lowest BCUT2D eigenvalue weighted by Crippen LogP contribution is -1.97. The summed E-state index contributed by atoms with van der Waals surface area (Å²) in [5.74, 6) is 0.700. The molecule has 2 aromatic heterocycles. The van der Waals surface area contributed by atoms with Gasteiger partial charge < -0.3 is 4.57 Å². The first-order valence-electron chi connectivity index (χ1n) is 20.2. The Morgan fingerprint density at radius 2 is 0.831 bits per heavy atom. The van der Waals surface area contributed by atoms with Gasteiger partial charge in [0, 0.05) is 33.2 Å². The van der Waals surface area contributed by atoms with E-state index in [0.29, 0.717) is 5.82 Å². The van der Waals surface area contributed by atoms with Crippen molar-refractivity contribution in [3.05, 3.63) is 200 Å². The van der Waals surface area contributed by atoms with E-state index in [4.69, 9.17) is 9.97 Å². The van der Waals surface area contributed by atoms with Crippen LogP contribution in [0.2, 0.25) is 0 Å². The van der Waals surface area contributed by atoms with Gasteiger partial charge in [0.25, 0.3) is 0 Å². The van der Waals surface area contributed by atoms with Crippen molar-refractivity contribution in [2.24, 2.45) is 0 Å². The molecule has 0 radical (unpaired) electrons. The highest BCUT2D eigenvalue weighted by Crippen LogP contribution is 2.45. The molecule has 3 heteroatoms. The van der Waals surface area contributed by atoms with Gasteiger partial charge in [0.05, 0.1) is 22.4 Å². The summed E-state index contributed by atoms with van der Waals surface area (Å²) in [7, 11) is 0. The van der Waals surface area contributed by atoms with Gasteiger partial charge >= 0.3 is 0 Å². The zero-order valence-corrected chi connectivity index (χ0v) is 31.9. The van der Waals surface area contributed by atoms with Crippen LogP contribution in [0, 0.1) is 0 Å². The van der Waals surface area contributed by atoms with Crippen LogP contribution >= 0.6 is 0 Å². The lowest BCUT2D eigenvalue weighted by Gasteiger charge is -2.17. The highest BCUT2D eigenvalue weighted by atomic mass is 15.0. The van der Waals surface area contributed by atoms with Crippen LogP contribution in [0.15, 0.2) is 200 Å². The van der Waals surface area contributed by atoms with Crippen molar-refractivity contribution in [3.8, 4) is 39.6 Å². The molecule has 0 amide bonds. The van der Waals surface area contributed by atoms with Crippen molar-refractivity contribution < 1.29 is 0 Å². The Balaban J connectivity index is 1.15. The zero-order chi connectivity index (χ0) is 38.6. The van der Waals surface area contributed by atoms with E-state index in [9.17, 15) is 0 Å². The predicted octanol–water partition coefficient (Wildman–Crippen LogP) is 14.9. The SMILES string of the molecule is c1ccc(-c2nc(-c3cc4ccc5cccc6c7cccc8ccc9cccc(c(c3)c4c56)c9c87)cc(-c3cccc4c3c3ccccc3n4-c3ccccc3)n2)cc1. The first-order valence-corrected chi connectivity index (χ1v) is 20.2. The fourth-order valence-electron chi connectivity index (χ4n) is 9.97. The minimum Gasteiger partial charge on any atom is -0.309 e. The van der Waals surface area contributed by atoms with Crippen LogP contribution in [0.4, 0.5) is 0 Å². The molecule has 0 unspecified atom stereocenters. The number of nitrogens with zero attached hydrogens (tertiary/aromatic N) is 3. The fraction of sp³-hybridized carbons (Fsp3) is 0. The molecule has 0 aliphatic carbocycles. The number of rotatable bonds is 4. The Kier molecular flexibility index (Phi) is 6.72. The first kappa shape index (κ1) is 32.2. The quantitative estimate of drug-likeness (QED) is 0.168. The summed E-state index contributed by atoms with van der Waals surface area (Å²) in [6, 6.07) is 72.7. The summed E-state index contributed by atoms with van der Waals surface area (Å²) in [6.07, 6.45) is 0. The molecule has 0 saturated heterocycles. The number of benzene rings is 10. The van der Waals surface area contributed by atoms with Gasteiger partial charge in [0.2, 0.25) is 0 Å². The highest BCUT2D eigenvalue weighted by molar-refractivity contribution is 6.37. The van der Waals surface area contributed by atoms with Crippen LogP contribution < -0.4 is 0 Å². The second kappa shape index (κ2) is 12.3. The van der Waals surface area contributed by atoms with Gasteiger partial charge in [-0.15, -0.1) is 0 Å². The maximum absolute atomic E-state index is 5.40. The molecule has 0 aliphatic heterocycles. The fourth-order valence-corrected chi connectivity index (χ4v) is 9.97. The summed E-state index contributed by atoms with van der Waals surface area (Å²) in [5, 5.41) is 17.5. The third kappa shape index (κ3) is 4.70. The van der Waals surface area contributed by atoms with Crippen LogP contribution in [-0.2, 0) is 0 Å². The van der Waals surface area contributed by atoms with Crippen molar-refractivity contribution in [2.45, 2.75) is 0 Å². The minimum atomic E-state index is 0.700. The normalized spacial score (nSPS) is 12.1. The third-order valence-corrected chi connectivity index (χ3v) is 12.5. The molecule has 59 heavy (non-hydrogen) atoms. The molecule has 13 aromatic rings. The molecule has 0 aliphatic rings. The van der Waals surface area contributed by atoms with E-state index < -0.39 is 0 Å². The van der Waals surface area contributed by atoms with Crippen molar-refractivity contribution in [1.29, 1.82) is 0 Å². The summed E-state index contributed by atoms with van der Waals surface area (Å²) in [5.41, 5.74) is 8.33. The maximum Gasteiger partial charge on any atom is 0.160 e. The van der Waals surface area contributed by atoms with E-state index >= 15 is 0 Å². The highest BCUT2D eigenvalue weighted by Gasteiger charge is 2.21. The van der Waals surface area contributed by atoms with E-state index in [2.05, 4.69) is 199 Å². The summed E-state index contributed by atoms with van der Waals surface area (Å²) < 4.78 is 2.37. The number of hydrogen-bond donors (Lipinski definition) is 0. The molecular weight excluding hydrogens is 715 g/mol. The van der Waals surface area contributed by atoms with Crippen molar-refractivity contribution in [2.75, 3.05) is 0 Å². The lowest BCUT2D eigenvalue weighted by molar-refractivity contribution is 1.18. The smallest absolute Gasteiger partial charge is 0.160 e. The van der Waals surface area contributed by atoms with Gasteiger partial charge in [-0.25, -0.2) is 9.97 Å². The second-order valence-electron chi connectivity index (χ2n) is 15.7. The Morgan fingerprint density at radius 1 is 0.305 bits per heavy atom. The predicted molar refractivity (Wildman–Crippen MR) is 249 cm³/mol. The molecule has 0 spiro atoms. The molecule has 3 nitrogen and oxygen atoms in total. The Hall–Kier alpha value is -7.88. The van der Waals surface area contributed by atoms with Gasteiger partial charge in [-0.05, 0) is 107 Å². The number of para-hydroxylation sites is 2. The largest absolute Gasteiger partial charge is 0.309 e. The standard InChI is InChI=1S/C56H33N3/c1-3-13-37(14-4-1)56-57-47(33-48(58-56)44-24-12-26-50-55(44)45-20-7-8-25-49(45)59(50)40-18-5-2-6-19-40)39-31-38-30-29-36-16-10-22-42-41-21-9-15-34-27-28-35-17-11-23-43(53(35)51(34)41)46(32-39)54(38)52(36)42/h1-33H. The molecule has 272 valence electrons. The van der Waals surface area contributed by atoms with Crippen molar-refractivity contribution >= 4 is 86.4 Å². The van der Waals surface area contributed by atoms with Gasteiger partial charge in [-0.2, -0.15) is 0 Å². The zero-order valence-electron chi connectivity index (χ0n) is 31.9. The average Bonchev–Trinajstić information content (AvgIpc) is 3.65. The second-order valence-corrected chi connectivity index (χ2v) is 15.7.